The van der Waals surface area contributed by atoms with Crippen LogP contribution in [0.3, 0.4) is 0 Å². The lowest BCUT2D eigenvalue weighted by molar-refractivity contribution is -0.118. The fourth-order valence-electron chi connectivity index (χ4n) is 3.06. The maximum absolute atomic E-state index is 13.1. The van der Waals surface area contributed by atoms with Gasteiger partial charge >= 0.3 is 5.69 Å². The number of aromatic nitrogens is 3. The summed E-state index contributed by atoms with van der Waals surface area (Å²) in [5, 5.41) is 3.87. The van der Waals surface area contributed by atoms with Crippen LogP contribution in [-0.4, -0.2) is 27.2 Å². The Morgan fingerprint density at radius 2 is 2.00 bits per heavy atom. The molecule has 3 N–H and O–H groups in total. The summed E-state index contributed by atoms with van der Waals surface area (Å²) in [5.41, 5.74) is 6.30. The normalized spacial score (nSPS) is 11.2. The first-order chi connectivity index (χ1) is 13.2. The van der Waals surface area contributed by atoms with Gasteiger partial charge < -0.3 is 15.2 Å². The number of carbonyl (C=O) groups is 1. The SMILES string of the molecule is CCCCN(C(=O)Cc1c(C)noc1C)c1c(N)n(CC(C)C)c(=O)[nH]c1=O. The second-order valence-corrected chi connectivity index (χ2v) is 7.38. The molecule has 28 heavy (non-hydrogen) atoms. The van der Waals surface area contributed by atoms with Crippen LogP contribution in [0.5, 0.6) is 0 Å². The Hall–Kier alpha value is -2.84. The fraction of sp³-hybridized carbons (Fsp3) is 0.579. The van der Waals surface area contributed by atoms with Gasteiger partial charge in [0.15, 0.2) is 5.69 Å². The first-order valence-electron chi connectivity index (χ1n) is 9.52. The number of amides is 1. The molecule has 2 aromatic heterocycles. The van der Waals surface area contributed by atoms with Crippen LogP contribution in [0.15, 0.2) is 14.1 Å². The van der Waals surface area contributed by atoms with Crippen molar-refractivity contribution in [1.82, 2.24) is 14.7 Å². The highest BCUT2D eigenvalue weighted by Crippen LogP contribution is 2.21. The molecule has 0 aliphatic heterocycles. The Bertz CT molecular complexity index is 935. The van der Waals surface area contributed by atoms with Crippen molar-refractivity contribution < 1.29 is 9.32 Å². The van der Waals surface area contributed by atoms with Gasteiger partial charge in [-0.25, -0.2) is 4.79 Å². The Labute approximate surface area is 163 Å². The van der Waals surface area contributed by atoms with E-state index < -0.39 is 11.2 Å². The lowest BCUT2D eigenvalue weighted by Gasteiger charge is -2.25. The summed E-state index contributed by atoms with van der Waals surface area (Å²) in [7, 11) is 0. The lowest BCUT2D eigenvalue weighted by atomic mass is 10.1. The van der Waals surface area contributed by atoms with Crippen LogP contribution in [0.4, 0.5) is 11.5 Å². The zero-order valence-corrected chi connectivity index (χ0v) is 17.2. The predicted octanol–water partition coefficient (Wildman–Crippen LogP) is 1.76. The van der Waals surface area contributed by atoms with E-state index in [0.29, 0.717) is 36.5 Å². The number of carbonyl (C=O) groups excluding carboxylic acids is 1. The van der Waals surface area contributed by atoms with Gasteiger partial charge in [0.05, 0.1) is 12.1 Å². The summed E-state index contributed by atoms with van der Waals surface area (Å²) >= 11 is 0. The van der Waals surface area contributed by atoms with Crippen LogP contribution in [0.25, 0.3) is 0 Å². The highest BCUT2D eigenvalue weighted by molar-refractivity contribution is 5.97. The lowest BCUT2D eigenvalue weighted by Crippen LogP contribution is -2.42. The number of rotatable bonds is 8. The van der Waals surface area contributed by atoms with Crippen molar-refractivity contribution in [1.29, 1.82) is 0 Å². The van der Waals surface area contributed by atoms with Crippen LogP contribution in [0, 0.1) is 19.8 Å². The summed E-state index contributed by atoms with van der Waals surface area (Å²) < 4.78 is 6.44. The summed E-state index contributed by atoms with van der Waals surface area (Å²) in [6, 6.07) is 0. The molecule has 0 spiro atoms. The molecule has 0 aromatic carbocycles. The number of anilines is 2. The third-order valence-corrected chi connectivity index (χ3v) is 4.58. The predicted molar refractivity (Wildman–Crippen MR) is 108 cm³/mol. The van der Waals surface area contributed by atoms with Gasteiger partial charge in [0, 0.05) is 18.7 Å². The number of hydrogen-bond acceptors (Lipinski definition) is 6. The van der Waals surface area contributed by atoms with E-state index in [9.17, 15) is 14.4 Å². The monoisotopic (exact) mass is 391 g/mol. The number of nitrogens with zero attached hydrogens (tertiary/aromatic N) is 3. The quantitative estimate of drug-likeness (QED) is 0.706. The number of aromatic amines is 1. The molecule has 0 atom stereocenters. The number of H-pyrrole nitrogens is 1. The minimum atomic E-state index is -0.661. The van der Waals surface area contributed by atoms with E-state index in [1.807, 2.05) is 20.8 Å². The van der Waals surface area contributed by atoms with Crippen molar-refractivity contribution in [3.05, 3.63) is 37.9 Å². The molecule has 9 nitrogen and oxygen atoms in total. The molecular weight excluding hydrogens is 362 g/mol. The van der Waals surface area contributed by atoms with Gasteiger partial charge in [0.2, 0.25) is 5.91 Å². The first kappa shape index (κ1) is 21.5. The highest BCUT2D eigenvalue weighted by atomic mass is 16.5. The molecule has 2 aromatic rings. The van der Waals surface area contributed by atoms with E-state index in [0.717, 1.165) is 6.42 Å². The van der Waals surface area contributed by atoms with Gasteiger partial charge in [-0.15, -0.1) is 0 Å². The van der Waals surface area contributed by atoms with Gasteiger partial charge in [0.25, 0.3) is 5.56 Å². The van der Waals surface area contributed by atoms with Crippen molar-refractivity contribution in [3.63, 3.8) is 0 Å². The molecule has 154 valence electrons. The number of nitrogen functional groups attached to an aromatic ring is 1. The maximum atomic E-state index is 13.1. The molecule has 0 fully saturated rings. The van der Waals surface area contributed by atoms with Gasteiger partial charge in [-0.2, -0.15) is 0 Å². The number of unbranched alkanes of at least 4 members (excludes halogenated alkanes) is 1. The third-order valence-electron chi connectivity index (χ3n) is 4.58. The fourth-order valence-corrected chi connectivity index (χ4v) is 3.06. The van der Waals surface area contributed by atoms with Gasteiger partial charge in [-0.3, -0.25) is 19.1 Å². The molecule has 0 aliphatic carbocycles. The molecule has 2 rings (SSSR count). The molecule has 1 amide bonds. The molecule has 2 heterocycles. The minimum Gasteiger partial charge on any atom is -0.383 e. The molecule has 0 saturated heterocycles. The van der Waals surface area contributed by atoms with Gasteiger partial charge in [-0.1, -0.05) is 32.3 Å². The number of aryl methyl sites for hydroxylation is 2. The summed E-state index contributed by atoms with van der Waals surface area (Å²) in [6.45, 7) is 10.0. The van der Waals surface area contributed by atoms with Crippen LogP contribution in [0.1, 0.15) is 50.6 Å². The number of hydrogen-bond donors (Lipinski definition) is 2. The smallest absolute Gasteiger partial charge is 0.330 e. The molecular formula is C19H29N5O4. The molecule has 0 radical (unpaired) electrons. The van der Waals surface area contributed by atoms with Crippen molar-refractivity contribution >= 4 is 17.4 Å². The molecule has 0 unspecified atom stereocenters. The van der Waals surface area contributed by atoms with E-state index in [4.69, 9.17) is 10.3 Å². The van der Waals surface area contributed by atoms with E-state index in [-0.39, 0.29) is 29.8 Å². The van der Waals surface area contributed by atoms with E-state index >= 15 is 0 Å². The van der Waals surface area contributed by atoms with Crippen LogP contribution in [0.2, 0.25) is 0 Å². The van der Waals surface area contributed by atoms with Gasteiger partial charge in [-0.05, 0) is 26.2 Å². The van der Waals surface area contributed by atoms with E-state index in [1.165, 1.54) is 9.47 Å². The first-order valence-corrected chi connectivity index (χ1v) is 9.52. The van der Waals surface area contributed by atoms with E-state index in [1.54, 1.807) is 13.8 Å². The number of nitrogens with one attached hydrogen (secondary N) is 1. The van der Waals surface area contributed by atoms with Crippen LogP contribution in [-0.2, 0) is 17.8 Å². The van der Waals surface area contributed by atoms with Gasteiger partial charge in [0.1, 0.15) is 11.6 Å². The largest absolute Gasteiger partial charge is 0.383 e. The molecule has 9 heteroatoms. The van der Waals surface area contributed by atoms with Crippen molar-refractivity contribution in [3.8, 4) is 0 Å². The summed E-state index contributed by atoms with van der Waals surface area (Å²) in [4.78, 5) is 41.5. The average Bonchev–Trinajstić information content (AvgIpc) is 2.93. The third kappa shape index (κ3) is 4.52. The molecule has 0 aliphatic rings. The van der Waals surface area contributed by atoms with Crippen LogP contribution < -0.4 is 21.9 Å². The second kappa shape index (κ2) is 8.90. The zero-order chi connectivity index (χ0) is 21.0. The van der Waals surface area contributed by atoms with E-state index in [2.05, 4.69) is 10.1 Å². The van der Waals surface area contributed by atoms with Crippen LogP contribution >= 0.6 is 0 Å². The Kier molecular flexibility index (Phi) is 6.82. The average molecular weight is 391 g/mol. The van der Waals surface area contributed by atoms with Crippen molar-refractivity contribution in [2.24, 2.45) is 5.92 Å². The number of nitrogens with two attached hydrogens (primary N) is 1. The molecule has 0 bridgehead atoms. The Balaban J connectivity index is 2.52. The topological polar surface area (TPSA) is 127 Å². The highest BCUT2D eigenvalue weighted by Gasteiger charge is 2.26. The summed E-state index contributed by atoms with van der Waals surface area (Å²) in [6.07, 6.45) is 1.56. The van der Waals surface area contributed by atoms with Crippen molar-refractivity contribution in [2.75, 3.05) is 17.2 Å². The maximum Gasteiger partial charge on any atom is 0.330 e. The summed E-state index contributed by atoms with van der Waals surface area (Å²) in [5.74, 6) is 0.411. The van der Waals surface area contributed by atoms with Crippen molar-refractivity contribution in [2.45, 2.75) is 60.4 Å². The minimum absolute atomic E-state index is 0.00525. The zero-order valence-electron chi connectivity index (χ0n) is 17.2. The second-order valence-electron chi connectivity index (χ2n) is 7.38. The molecule has 0 saturated carbocycles. The standard InChI is InChI=1S/C19H29N5O4/c1-6-7-8-23(15(25)9-14-12(4)22-28-13(14)5)16-17(20)24(10-11(2)3)19(27)21-18(16)26/h11H,6-10,20H2,1-5H3,(H,21,26,27). The Morgan fingerprint density at radius 1 is 1.32 bits per heavy atom. The Morgan fingerprint density at radius 3 is 2.54 bits per heavy atom.